The van der Waals surface area contributed by atoms with E-state index in [2.05, 4.69) is 26.6 Å². The van der Waals surface area contributed by atoms with Crippen LogP contribution in [0, 0.1) is 0 Å². The lowest BCUT2D eigenvalue weighted by atomic mass is 10.2. The maximum absolute atomic E-state index is 11.6. The van der Waals surface area contributed by atoms with Crippen molar-refractivity contribution >= 4 is 39.3 Å². The van der Waals surface area contributed by atoms with E-state index < -0.39 is 11.7 Å². The Morgan fingerprint density at radius 2 is 2.05 bits per heavy atom. The zero-order valence-corrected chi connectivity index (χ0v) is 15.8. The first-order valence-electron chi connectivity index (χ1n) is 6.89. The smallest absolute Gasteiger partial charge is 0.407 e. The van der Waals surface area contributed by atoms with Crippen LogP contribution >= 0.6 is 27.5 Å². The Labute approximate surface area is 144 Å². The van der Waals surface area contributed by atoms with E-state index in [9.17, 15) is 4.79 Å². The number of amides is 1. The molecule has 0 saturated carbocycles. The molecular formula is C15H22BrClN2O3. The summed E-state index contributed by atoms with van der Waals surface area (Å²) in [6, 6.07) is 3.50. The van der Waals surface area contributed by atoms with Gasteiger partial charge in [0.25, 0.3) is 0 Å². The summed E-state index contributed by atoms with van der Waals surface area (Å²) in [7, 11) is 1.59. The first-order valence-corrected chi connectivity index (χ1v) is 8.06. The lowest BCUT2D eigenvalue weighted by Gasteiger charge is -2.22. The van der Waals surface area contributed by atoms with Crippen LogP contribution in [0.5, 0.6) is 5.75 Å². The highest BCUT2D eigenvalue weighted by molar-refractivity contribution is 9.10. The molecule has 5 nitrogen and oxygen atoms in total. The van der Waals surface area contributed by atoms with E-state index in [1.807, 2.05) is 27.7 Å². The average molecular weight is 394 g/mol. The number of ether oxygens (including phenoxy) is 2. The molecule has 0 aliphatic carbocycles. The Kier molecular flexibility index (Phi) is 6.81. The van der Waals surface area contributed by atoms with Crippen molar-refractivity contribution in [2.75, 3.05) is 19.0 Å². The Balaban J connectivity index is 2.62. The molecule has 0 saturated heterocycles. The maximum Gasteiger partial charge on any atom is 0.407 e. The van der Waals surface area contributed by atoms with Gasteiger partial charge >= 0.3 is 6.09 Å². The number of anilines is 1. The molecular weight excluding hydrogens is 372 g/mol. The maximum atomic E-state index is 11.6. The van der Waals surface area contributed by atoms with Gasteiger partial charge in [-0.25, -0.2) is 4.79 Å². The van der Waals surface area contributed by atoms with Crippen LogP contribution in [-0.4, -0.2) is 31.4 Å². The van der Waals surface area contributed by atoms with Gasteiger partial charge in [-0.2, -0.15) is 0 Å². The number of carbonyl (C=O) groups is 1. The minimum absolute atomic E-state index is 0.0354. The topological polar surface area (TPSA) is 59.6 Å². The highest BCUT2D eigenvalue weighted by atomic mass is 79.9. The van der Waals surface area contributed by atoms with Crippen LogP contribution in [0.1, 0.15) is 27.7 Å². The van der Waals surface area contributed by atoms with Crippen LogP contribution in [0.2, 0.25) is 5.02 Å². The van der Waals surface area contributed by atoms with Crippen molar-refractivity contribution in [2.24, 2.45) is 0 Å². The van der Waals surface area contributed by atoms with Crippen molar-refractivity contribution in [2.45, 2.75) is 39.3 Å². The quantitative estimate of drug-likeness (QED) is 0.776. The molecule has 0 heterocycles. The second kappa shape index (κ2) is 7.92. The van der Waals surface area contributed by atoms with Gasteiger partial charge in [-0.1, -0.05) is 11.6 Å². The molecule has 124 valence electrons. The van der Waals surface area contributed by atoms with Crippen LogP contribution < -0.4 is 15.4 Å². The third kappa shape index (κ3) is 6.32. The van der Waals surface area contributed by atoms with Gasteiger partial charge in [0, 0.05) is 17.6 Å². The molecule has 0 bridgehead atoms. The number of alkyl carbamates (subject to hydrolysis) is 1. The number of halogens is 2. The van der Waals surface area contributed by atoms with Crippen LogP contribution in [0.3, 0.4) is 0 Å². The highest BCUT2D eigenvalue weighted by Gasteiger charge is 2.17. The molecule has 0 fully saturated rings. The number of benzene rings is 1. The summed E-state index contributed by atoms with van der Waals surface area (Å²) in [6.45, 7) is 7.81. The summed E-state index contributed by atoms with van der Waals surface area (Å²) in [5.41, 5.74) is 0.238. The van der Waals surface area contributed by atoms with Crippen LogP contribution in [0.25, 0.3) is 0 Å². The van der Waals surface area contributed by atoms with E-state index in [1.54, 1.807) is 19.2 Å². The molecule has 1 amide bonds. The van der Waals surface area contributed by atoms with Crippen molar-refractivity contribution in [3.63, 3.8) is 0 Å². The molecule has 1 rings (SSSR count). The van der Waals surface area contributed by atoms with Gasteiger partial charge in [-0.3, -0.25) is 0 Å². The molecule has 0 spiro atoms. The molecule has 0 radical (unpaired) electrons. The minimum atomic E-state index is -0.512. The molecule has 0 aromatic heterocycles. The first-order chi connectivity index (χ1) is 10.1. The van der Waals surface area contributed by atoms with Gasteiger partial charge in [-0.05, 0) is 55.8 Å². The van der Waals surface area contributed by atoms with Crippen LogP contribution in [0.4, 0.5) is 10.5 Å². The lowest BCUT2D eigenvalue weighted by Crippen LogP contribution is -2.38. The van der Waals surface area contributed by atoms with Crippen molar-refractivity contribution in [1.82, 2.24) is 5.32 Å². The van der Waals surface area contributed by atoms with Gasteiger partial charge in [0.1, 0.15) is 5.60 Å². The number of hydrogen-bond donors (Lipinski definition) is 2. The van der Waals surface area contributed by atoms with Crippen LogP contribution in [0.15, 0.2) is 16.6 Å². The summed E-state index contributed by atoms with van der Waals surface area (Å²) in [5.74, 6) is 0.661. The summed E-state index contributed by atoms with van der Waals surface area (Å²) >= 11 is 9.45. The highest BCUT2D eigenvalue weighted by Crippen LogP contribution is 2.36. The Morgan fingerprint density at radius 1 is 1.41 bits per heavy atom. The fourth-order valence-electron chi connectivity index (χ4n) is 1.74. The van der Waals surface area contributed by atoms with E-state index in [0.29, 0.717) is 17.3 Å². The van der Waals surface area contributed by atoms with E-state index in [0.717, 1.165) is 10.2 Å². The second-order valence-corrected chi connectivity index (χ2v) is 7.19. The fourth-order valence-corrected chi connectivity index (χ4v) is 2.71. The predicted octanol–water partition coefficient (Wildman–Crippen LogP) is 4.44. The molecule has 0 aliphatic rings. The molecule has 1 atom stereocenters. The Morgan fingerprint density at radius 3 is 2.59 bits per heavy atom. The number of nitrogens with one attached hydrogen (secondary N) is 2. The van der Waals surface area contributed by atoms with Gasteiger partial charge in [-0.15, -0.1) is 0 Å². The first kappa shape index (κ1) is 18.9. The molecule has 22 heavy (non-hydrogen) atoms. The molecule has 2 N–H and O–H groups in total. The standard InChI is InChI=1S/C15H22BrClN2O3/c1-9(8-18-14(20)22-15(2,3)4)19-12-7-10(17)6-11(16)13(12)21-5/h6-7,9,19H,8H2,1-5H3,(H,18,20). The zero-order chi connectivity index (χ0) is 16.9. The Hall–Kier alpha value is -1.14. The minimum Gasteiger partial charge on any atom is -0.493 e. The van der Waals surface area contributed by atoms with Crippen molar-refractivity contribution in [3.05, 3.63) is 21.6 Å². The van der Waals surface area contributed by atoms with E-state index >= 15 is 0 Å². The molecule has 1 aromatic carbocycles. The van der Waals surface area contributed by atoms with E-state index in [1.165, 1.54) is 0 Å². The van der Waals surface area contributed by atoms with Gasteiger partial charge in [0.15, 0.2) is 5.75 Å². The molecule has 1 unspecified atom stereocenters. The monoisotopic (exact) mass is 392 g/mol. The third-order valence-corrected chi connectivity index (χ3v) is 3.37. The fraction of sp³-hybridized carbons (Fsp3) is 0.533. The predicted molar refractivity (Wildman–Crippen MR) is 93.0 cm³/mol. The van der Waals surface area contributed by atoms with Crippen LogP contribution in [-0.2, 0) is 4.74 Å². The van der Waals surface area contributed by atoms with E-state index in [-0.39, 0.29) is 6.04 Å². The zero-order valence-electron chi connectivity index (χ0n) is 13.4. The third-order valence-electron chi connectivity index (χ3n) is 2.57. The number of rotatable bonds is 5. The number of methoxy groups -OCH3 is 1. The normalized spacial score (nSPS) is 12.5. The Bertz CT molecular complexity index is 532. The number of carbonyl (C=O) groups excluding carboxylic acids is 1. The number of hydrogen-bond acceptors (Lipinski definition) is 4. The summed E-state index contributed by atoms with van der Waals surface area (Å²) in [5, 5.41) is 6.55. The van der Waals surface area contributed by atoms with Gasteiger partial charge in [0.05, 0.1) is 17.3 Å². The summed E-state index contributed by atoms with van der Waals surface area (Å²) in [4.78, 5) is 11.6. The SMILES string of the molecule is COc1c(Br)cc(Cl)cc1NC(C)CNC(=O)OC(C)(C)C. The molecule has 7 heteroatoms. The van der Waals surface area contributed by atoms with Gasteiger partial charge < -0.3 is 20.1 Å². The average Bonchev–Trinajstić information content (AvgIpc) is 2.34. The van der Waals surface area contributed by atoms with Crippen molar-refractivity contribution < 1.29 is 14.3 Å². The largest absolute Gasteiger partial charge is 0.493 e. The van der Waals surface area contributed by atoms with Gasteiger partial charge in [0.2, 0.25) is 0 Å². The van der Waals surface area contributed by atoms with Crippen molar-refractivity contribution in [1.29, 1.82) is 0 Å². The summed E-state index contributed by atoms with van der Waals surface area (Å²) in [6.07, 6.45) is -0.444. The molecule has 0 aliphatic heterocycles. The van der Waals surface area contributed by atoms with E-state index in [4.69, 9.17) is 21.1 Å². The summed E-state index contributed by atoms with van der Waals surface area (Å²) < 4.78 is 11.3. The van der Waals surface area contributed by atoms with Crippen molar-refractivity contribution in [3.8, 4) is 5.75 Å². The molecule has 1 aromatic rings. The lowest BCUT2D eigenvalue weighted by molar-refractivity contribution is 0.0526. The second-order valence-electron chi connectivity index (χ2n) is 5.90.